The van der Waals surface area contributed by atoms with Crippen LogP contribution in [-0.4, -0.2) is 49.1 Å². The van der Waals surface area contributed by atoms with E-state index in [0.29, 0.717) is 5.92 Å². The van der Waals surface area contributed by atoms with Gasteiger partial charge in [0.2, 0.25) is 5.91 Å². The summed E-state index contributed by atoms with van der Waals surface area (Å²) in [4.78, 5) is 14.4. The van der Waals surface area contributed by atoms with Gasteiger partial charge in [0.25, 0.3) is 0 Å². The molecule has 16 heavy (non-hydrogen) atoms. The number of nitrogens with zero attached hydrogens (tertiary/aromatic N) is 1. The first kappa shape index (κ1) is 11.9. The van der Waals surface area contributed by atoms with Crippen molar-refractivity contribution in [2.24, 2.45) is 5.92 Å². The number of amides is 1. The van der Waals surface area contributed by atoms with E-state index in [1.807, 2.05) is 0 Å². The number of carbonyl (C=O) groups is 1. The second-order valence-electron chi connectivity index (χ2n) is 5.46. The normalized spacial score (nSPS) is 26.1. The van der Waals surface area contributed by atoms with Crippen LogP contribution in [0.4, 0.5) is 0 Å². The van der Waals surface area contributed by atoms with Gasteiger partial charge in [0.15, 0.2) is 0 Å². The van der Waals surface area contributed by atoms with Crippen molar-refractivity contribution in [2.45, 2.75) is 32.2 Å². The molecule has 4 heteroatoms. The summed E-state index contributed by atoms with van der Waals surface area (Å²) in [6, 6.07) is 0. The summed E-state index contributed by atoms with van der Waals surface area (Å²) in [5, 5.41) is 6.40. The second-order valence-corrected chi connectivity index (χ2v) is 5.46. The molecule has 1 amide bonds. The lowest BCUT2D eigenvalue weighted by Gasteiger charge is -2.43. The topological polar surface area (TPSA) is 44.4 Å². The van der Waals surface area contributed by atoms with Gasteiger partial charge in [-0.25, -0.2) is 0 Å². The third kappa shape index (κ3) is 2.38. The summed E-state index contributed by atoms with van der Waals surface area (Å²) in [6.07, 6.45) is 1.90. The molecule has 4 nitrogen and oxygen atoms in total. The molecular weight excluding hydrogens is 202 g/mol. The van der Waals surface area contributed by atoms with E-state index in [0.717, 1.165) is 45.6 Å². The van der Waals surface area contributed by atoms with Gasteiger partial charge in [-0.05, 0) is 18.8 Å². The second kappa shape index (κ2) is 4.72. The van der Waals surface area contributed by atoms with E-state index in [1.165, 1.54) is 0 Å². The predicted octanol–water partition coefficient (Wildman–Crippen LogP) is 0.196. The highest BCUT2D eigenvalue weighted by Crippen LogP contribution is 2.24. The molecule has 0 radical (unpaired) electrons. The van der Waals surface area contributed by atoms with Crippen LogP contribution in [-0.2, 0) is 4.79 Å². The fraction of sp³-hybridized carbons (Fsp3) is 0.917. The third-order valence-electron chi connectivity index (χ3n) is 3.64. The van der Waals surface area contributed by atoms with E-state index in [-0.39, 0.29) is 11.4 Å². The fourth-order valence-corrected chi connectivity index (χ4v) is 2.76. The van der Waals surface area contributed by atoms with E-state index in [2.05, 4.69) is 29.4 Å². The molecule has 2 aliphatic heterocycles. The molecule has 0 atom stereocenters. The van der Waals surface area contributed by atoms with Gasteiger partial charge >= 0.3 is 0 Å². The first-order valence-electron chi connectivity index (χ1n) is 6.38. The molecule has 2 N–H and O–H groups in total. The van der Waals surface area contributed by atoms with Crippen molar-refractivity contribution in [1.29, 1.82) is 0 Å². The maximum Gasteiger partial charge on any atom is 0.240 e. The van der Waals surface area contributed by atoms with Crippen LogP contribution in [0.3, 0.4) is 0 Å². The predicted molar refractivity (Wildman–Crippen MR) is 64.3 cm³/mol. The van der Waals surface area contributed by atoms with Crippen molar-refractivity contribution >= 4 is 5.91 Å². The number of piperazine rings is 1. The molecule has 2 aliphatic rings. The molecule has 92 valence electrons. The maximum absolute atomic E-state index is 11.9. The van der Waals surface area contributed by atoms with E-state index >= 15 is 0 Å². The highest BCUT2D eigenvalue weighted by molar-refractivity contribution is 5.87. The van der Waals surface area contributed by atoms with Crippen LogP contribution in [0.1, 0.15) is 26.7 Å². The van der Waals surface area contributed by atoms with Gasteiger partial charge in [-0.15, -0.1) is 0 Å². The average molecular weight is 225 g/mol. The molecule has 0 aromatic rings. The molecule has 0 aliphatic carbocycles. The number of hydrogen-bond donors (Lipinski definition) is 2. The minimum atomic E-state index is -0.258. The first-order valence-corrected chi connectivity index (χ1v) is 6.38. The van der Waals surface area contributed by atoms with Gasteiger partial charge in [0, 0.05) is 32.7 Å². The monoisotopic (exact) mass is 225 g/mol. The third-order valence-corrected chi connectivity index (χ3v) is 3.64. The number of hydrogen-bond acceptors (Lipinski definition) is 3. The quantitative estimate of drug-likeness (QED) is 0.705. The van der Waals surface area contributed by atoms with Gasteiger partial charge in [-0.1, -0.05) is 13.8 Å². The summed E-state index contributed by atoms with van der Waals surface area (Å²) >= 11 is 0. The Balaban J connectivity index is 1.90. The van der Waals surface area contributed by atoms with Gasteiger partial charge in [-0.3, -0.25) is 4.79 Å². The molecule has 2 rings (SSSR count). The molecular formula is C12H23N3O. The zero-order chi connectivity index (χ0) is 11.6. The smallest absolute Gasteiger partial charge is 0.240 e. The SMILES string of the molecule is CC(C)CN1CCC2(CC1)NCCNC2=O. The Labute approximate surface area is 97.8 Å². The van der Waals surface area contributed by atoms with Crippen LogP contribution in [0.25, 0.3) is 0 Å². The lowest BCUT2D eigenvalue weighted by molar-refractivity contribution is -0.131. The molecule has 0 unspecified atom stereocenters. The molecule has 2 fully saturated rings. The lowest BCUT2D eigenvalue weighted by Crippen LogP contribution is -2.66. The van der Waals surface area contributed by atoms with Crippen LogP contribution in [0.2, 0.25) is 0 Å². The van der Waals surface area contributed by atoms with Gasteiger partial charge in [-0.2, -0.15) is 0 Å². The number of likely N-dealkylation sites (tertiary alicyclic amines) is 1. The van der Waals surface area contributed by atoms with Crippen molar-refractivity contribution in [3.8, 4) is 0 Å². The number of rotatable bonds is 2. The lowest BCUT2D eigenvalue weighted by atomic mass is 9.85. The average Bonchev–Trinajstić information content (AvgIpc) is 2.25. The first-order chi connectivity index (χ1) is 7.62. The Morgan fingerprint density at radius 2 is 2.00 bits per heavy atom. The summed E-state index contributed by atoms with van der Waals surface area (Å²) in [6.45, 7) is 9.41. The van der Waals surface area contributed by atoms with E-state index in [9.17, 15) is 4.79 Å². The molecule has 2 saturated heterocycles. The maximum atomic E-state index is 11.9. The van der Waals surface area contributed by atoms with Crippen LogP contribution in [0.5, 0.6) is 0 Å². The molecule has 1 spiro atoms. The van der Waals surface area contributed by atoms with Gasteiger partial charge < -0.3 is 15.5 Å². The highest BCUT2D eigenvalue weighted by atomic mass is 16.2. The van der Waals surface area contributed by atoms with Crippen LogP contribution in [0.15, 0.2) is 0 Å². The number of carbonyl (C=O) groups excluding carboxylic acids is 1. The molecule has 0 aromatic heterocycles. The van der Waals surface area contributed by atoms with Crippen molar-refractivity contribution in [1.82, 2.24) is 15.5 Å². The van der Waals surface area contributed by atoms with E-state index in [1.54, 1.807) is 0 Å². The van der Waals surface area contributed by atoms with Crippen molar-refractivity contribution < 1.29 is 4.79 Å². The Hall–Kier alpha value is -0.610. The zero-order valence-corrected chi connectivity index (χ0v) is 10.4. The largest absolute Gasteiger partial charge is 0.353 e. The van der Waals surface area contributed by atoms with Crippen LogP contribution < -0.4 is 10.6 Å². The standard InChI is InChI=1S/C12H23N3O/c1-10(2)9-15-7-3-12(4-8-15)11(16)13-5-6-14-12/h10,14H,3-9H2,1-2H3,(H,13,16). The molecule has 0 saturated carbocycles. The van der Waals surface area contributed by atoms with E-state index in [4.69, 9.17) is 0 Å². The fourth-order valence-electron chi connectivity index (χ4n) is 2.76. The number of nitrogens with one attached hydrogen (secondary N) is 2. The van der Waals surface area contributed by atoms with Crippen molar-refractivity contribution in [2.75, 3.05) is 32.7 Å². The zero-order valence-electron chi connectivity index (χ0n) is 10.4. The molecule has 0 bridgehead atoms. The summed E-state index contributed by atoms with van der Waals surface area (Å²) < 4.78 is 0. The number of piperidine rings is 1. The summed E-state index contributed by atoms with van der Waals surface area (Å²) in [5.74, 6) is 0.921. The Bertz CT molecular complexity index is 257. The Kier molecular flexibility index (Phi) is 3.50. The van der Waals surface area contributed by atoms with Gasteiger partial charge in [0.05, 0.1) is 0 Å². The summed E-state index contributed by atoms with van der Waals surface area (Å²) in [5.41, 5.74) is -0.258. The molecule has 0 aromatic carbocycles. The van der Waals surface area contributed by atoms with E-state index < -0.39 is 0 Å². The minimum Gasteiger partial charge on any atom is -0.353 e. The van der Waals surface area contributed by atoms with Crippen LogP contribution >= 0.6 is 0 Å². The Morgan fingerprint density at radius 3 is 2.56 bits per heavy atom. The molecule has 2 heterocycles. The van der Waals surface area contributed by atoms with Crippen molar-refractivity contribution in [3.05, 3.63) is 0 Å². The highest BCUT2D eigenvalue weighted by Gasteiger charge is 2.42. The van der Waals surface area contributed by atoms with Gasteiger partial charge in [0.1, 0.15) is 5.54 Å². The van der Waals surface area contributed by atoms with Crippen LogP contribution in [0, 0.1) is 5.92 Å². The van der Waals surface area contributed by atoms with Crippen molar-refractivity contribution in [3.63, 3.8) is 0 Å². The Morgan fingerprint density at radius 1 is 1.31 bits per heavy atom. The minimum absolute atomic E-state index is 0.211. The summed E-state index contributed by atoms with van der Waals surface area (Å²) in [7, 11) is 0.